The fourth-order valence-electron chi connectivity index (χ4n) is 4.17. The van der Waals surface area contributed by atoms with Crippen LogP contribution in [0.3, 0.4) is 0 Å². The minimum absolute atomic E-state index is 0.0450. The van der Waals surface area contributed by atoms with Gasteiger partial charge >= 0.3 is 21.3 Å². The lowest BCUT2D eigenvalue weighted by Crippen LogP contribution is -2.33. The first-order valence-corrected chi connectivity index (χ1v) is 16.4. The van der Waals surface area contributed by atoms with Crippen molar-refractivity contribution in [3.63, 3.8) is 0 Å². The van der Waals surface area contributed by atoms with Crippen molar-refractivity contribution >= 4 is 33.0 Å². The van der Waals surface area contributed by atoms with Gasteiger partial charge in [0.05, 0.1) is 11.5 Å². The van der Waals surface area contributed by atoms with Gasteiger partial charge < -0.3 is 49.1 Å². The van der Waals surface area contributed by atoms with Crippen LogP contribution in [0.1, 0.15) is 41.1 Å². The number of ketones is 1. The van der Waals surface area contributed by atoms with E-state index < -0.39 is 57.0 Å². The molecule has 0 bridgehead atoms. The van der Waals surface area contributed by atoms with Gasteiger partial charge in [-0.2, -0.15) is 0 Å². The average molecular weight is 662 g/mol. The van der Waals surface area contributed by atoms with Gasteiger partial charge in [0.25, 0.3) is 5.08 Å². The molecule has 2 aromatic carbocycles. The van der Waals surface area contributed by atoms with E-state index >= 15 is 0 Å². The summed E-state index contributed by atoms with van der Waals surface area (Å²) in [6, 6.07) is 9.98. The van der Waals surface area contributed by atoms with Gasteiger partial charge in [-0.3, -0.25) is 18.7 Å². The molecule has 242 valence electrons. The highest BCUT2D eigenvalue weighted by atomic mass is 31.2. The first kappa shape index (κ1) is 35.3. The maximum absolute atomic E-state index is 13.2. The van der Waals surface area contributed by atoms with Crippen molar-refractivity contribution in [1.82, 2.24) is 10.2 Å². The van der Waals surface area contributed by atoms with E-state index in [1.165, 1.54) is 54.4 Å². The van der Waals surface area contributed by atoms with Crippen LogP contribution in [0.25, 0.3) is 0 Å². The molecule has 0 radical (unpaired) electrons. The van der Waals surface area contributed by atoms with Gasteiger partial charge in [-0.1, -0.05) is 12.1 Å². The predicted octanol–water partition coefficient (Wildman–Crippen LogP) is 1.92. The number of fused-ring (bicyclic) bond motifs is 1. The smallest absolute Gasteiger partial charge is 0.414 e. The number of amides is 2. The lowest BCUT2D eigenvalue weighted by molar-refractivity contribution is -0.125. The number of aliphatic hydroxyl groups is 1. The van der Waals surface area contributed by atoms with Crippen LogP contribution in [0.4, 0.5) is 9.18 Å². The lowest BCUT2D eigenvalue weighted by Gasteiger charge is -2.29. The van der Waals surface area contributed by atoms with Crippen molar-refractivity contribution < 1.29 is 66.8 Å². The van der Waals surface area contributed by atoms with Crippen LogP contribution in [0.5, 0.6) is 11.5 Å². The number of carbonyl (C=O) groups is 3. The fraction of sp³-hybridized carbons (Fsp3) is 0.423. The van der Waals surface area contributed by atoms with Gasteiger partial charge in [0.2, 0.25) is 5.91 Å². The molecule has 1 atom stereocenters. The van der Waals surface area contributed by atoms with E-state index in [9.17, 15) is 33.0 Å². The van der Waals surface area contributed by atoms with Gasteiger partial charge in [0, 0.05) is 39.2 Å². The second-order valence-electron chi connectivity index (χ2n) is 9.95. The Kier molecular flexibility index (Phi) is 11.8. The van der Waals surface area contributed by atoms with E-state index in [-0.39, 0.29) is 50.0 Å². The standard InChI is InChI=1S/C26H33FN2O13P2/c1-29(12-3-13-40-16-23(30)28-11-2-10-26(33,43(34,35)36)44(37,38)39)25(32)42-19-8-9-20-22(14-19)41-15-21(24(20)31)17-4-6-18(27)7-5-17/h4-9,14,21,33H,2-3,10-13,15-16H2,1H3,(H,28,30)(H2,34,35,36)(H2,37,38,39). The number of halogens is 1. The molecule has 0 fully saturated rings. The summed E-state index contributed by atoms with van der Waals surface area (Å²) in [5.41, 5.74) is 0.933. The highest BCUT2D eigenvalue weighted by Gasteiger charge is 2.58. The highest BCUT2D eigenvalue weighted by Crippen LogP contribution is 2.69. The summed E-state index contributed by atoms with van der Waals surface area (Å²) in [4.78, 5) is 74.9. The summed E-state index contributed by atoms with van der Waals surface area (Å²) < 4.78 is 52.2. The van der Waals surface area contributed by atoms with Crippen molar-refractivity contribution in [3.8, 4) is 11.5 Å². The molecule has 44 heavy (non-hydrogen) atoms. The summed E-state index contributed by atoms with van der Waals surface area (Å²) >= 11 is 0. The molecule has 0 spiro atoms. The molecule has 1 aliphatic heterocycles. The zero-order valence-corrected chi connectivity index (χ0v) is 25.3. The largest absolute Gasteiger partial charge is 0.492 e. The van der Waals surface area contributed by atoms with Crippen molar-refractivity contribution in [1.29, 1.82) is 0 Å². The number of carbonyl (C=O) groups excluding carboxylic acids is 3. The molecular weight excluding hydrogens is 629 g/mol. The Balaban J connectivity index is 1.36. The molecule has 2 amide bonds. The van der Waals surface area contributed by atoms with E-state index in [1.807, 2.05) is 0 Å². The number of rotatable bonds is 14. The lowest BCUT2D eigenvalue weighted by atomic mass is 9.89. The van der Waals surface area contributed by atoms with Crippen LogP contribution in [-0.4, -0.2) is 92.4 Å². The first-order valence-electron chi connectivity index (χ1n) is 13.2. The number of nitrogens with one attached hydrogen (secondary N) is 1. The SMILES string of the molecule is CN(CCCOCC(=O)NCCCC(O)(P(=O)(O)O)P(=O)(O)O)C(=O)Oc1ccc2c(c1)OCC(c1ccc(F)cc1)C2=O. The molecular formula is C26H33FN2O13P2. The highest BCUT2D eigenvalue weighted by molar-refractivity contribution is 7.72. The quantitative estimate of drug-likeness (QED) is 0.126. The summed E-state index contributed by atoms with van der Waals surface area (Å²) in [5, 5.41) is 8.58. The van der Waals surface area contributed by atoms with Gasteiger partial charge in [0.15, 0.2) is 5.78 Å². The van der Waals surface area contributed by atoms with Crippen LogP contribution in [0, 0.1) is 5.82 Å². The Morgan fingerprint density at radius 3 is 2.39 bits per heavy atom. The van der Waals surface area contributed by atoms with Gasteiger partial charge in [0.1, 0.15) is 30.5 Å². The van der Waals surface area contributed by atoms with Crippen molar-refractivity contribution in [2.75, 3.05) is 40.0 Å². The molecule has 1 unspecified atom stereocenters. The molecule has 6 N–H and O–H groups in total. The molecule has 0 saturated heterocycles. The van der Waals surface area contributed by atoms with Crippen LogP contribution in [0.15, 0.2) is 42.5 Å². The van der Waals surface area contributed by atoms with Crippen molar-refractivity contribution in [2.24, 2.45) is 0 Å². The fourth-order valence-corrected chi connectivity index (χ4v) is 6.43. The molecule has 0 aromatic heterocycles. The number of hydrogen-bond acceptors (Lipinski definition) is 9. The zero-order valence-electron chi connectivity index (χ0n) is 23.5. The molecule has 18 heteroatoms. The number of benzene rings is 2. The number of hydrogen-bond donors (Lipinski definition) is 6. The van der Waals surface area contributed by atoms with Crippen molar-refractivity contribution in [3.05, 3.63) is 59.4 Å². The Hall–Kier alpha value is -3.20. The Morgan fingerprint density at radius 1 is 1.09 bits per heavy atom. The third kappa shape index (κ3) is 8.93. The maximum atomic E-state index is 13.2. The van der Waals surface area contributed by atoms with Gasteiger partial charge in [-0.15, -0.1) is 0 Å². The Labute approximate surface area is 251 Å². The van der Waals surface area contributed by atoms with Crippen LogP contribution < -0.4 is 14.8 Å². The first-order chi connectivity index (χ1) is 20.5. The summed E-state index contributed by atoms with van der Waals surface area (Å²) in [6.45, 7) is -0.321. The third-order valence-electron chi connectivity index (χ3n) is 6.69. The molecule has 1 aliphatic rings. The molecule has 0 saturated carbocycles. The van der Waals surface area contributed by atoms with E-state index in [0.29, 0.717) is 17.5 Å². The second kappa shape index (κ2) is 14.7. The predicted molar refractivity (Wildman–Crippen MR) is 151 cm³/mol. The van der Waals surface area contributed by atoms with Crippen LogP contribution in [0.2, 0.25) is 0 Å². The topological polar surface area (TPSA) is 229 Å². The molecule has 15 nitrogen and oxygen atoms in total. The second-order valence-corrected chi connectivity index (χ2v) is 14.0. The Morgan fingerprint density at radius 2 is 1.75 bits per heavy atom. The van der Waals surface area contributed by atoms with E-state index in [1.54, 1.807) is 0 Å². The Bertz CT molecular complexity index is 1420. The number of ether oxygens (including phenoxy) is 3. The van der Waals surface area contributed by atoms with Crippen molar-refractivity contribution in [2.45, 2.75) is 30.3 Å². The minimum Gasteiger partial charge on any atom is -0.492 e. The third-order valence-corrected chi connectivity index (χ3v) is 10.6. The molecule has 3 rings (SSSR count). The van der Waals surface area contributed by atoms with E-state index in [4.69, 9.17) is 33.8 Å². The van der Waals surface area contributed by atoms with E-state index in [2.05, 4.69) is 5.32 Å². The average Bonchev–Trinajstić information content (AvgIpc) is 2.94. The van der Waals surface area contributed by atoms with Gasteiger partial charge in [-0.25, -0.2) is 9.18 Å². The summed E-state index contributed by atoms with van der Waals surface area (Å²) in [5.74, 6) is -1.41. The molecule has 2 aromatic rings. The normalized spacial score (nSPS) is 15.2. The maximum Gasteiger partial charge on any atom is 0.414 e. The zero-order chi connectivity index (χ0) is 32.7. The van der Waals surface area contributed by atoms with E-state index in [0.717, 1.165) is 0 Å². The van der Waals surface area contributed by atoms with Crippen LogP contribution in [-0.2, 0) is 18.7 Å². The molecule has 0 aliphatic carbocycles. The number of nitrogens with zero attached hydrogens (tertiary/aromatic N) is 1. The summed E-state index contributed by atoms with van der Waals surface area (Å²) in [6.07, 6.45) is -1.67. The molecule has 1 heterocycles. The monoisotopic (exact) mass is 662 g/mol. The number of Topliss-reactive ketones (excluding diaryl/α,β-unsaturated/α-hetero) is 1. The van der Waals surface area contributed by atoms with Crippen LogP contribution >= 0.6 is 15.2 Å². The minimum atomic E-state index is -5.56. The van der Waals surface area contributed by atoms with Gasteiger partial charge in [-0.05, 0) is 42.7 Å². The summed E-state index contributed by atoms with van der Waals surface area (Å²) in [7, 11) is -9.64.